The molecule has 9 heteroatoms. The van der Waals surface area contributed by atoms with Gasteiger partial charge in [0.05, 0.1) is 35.6 Å². The second-order valence-corrected chi connectivity index (χ2v) is 8.59. The second-order valence-electron chi connectivity index (χ2n) is 6.72. The minimum atomic E-state index is 0.127. The summed E-state index contributed by atoms with van der Waals surface area (Å²) >= 11 is 13.3. The fourth-order valence-corrected chi connectivity index (χ4v) is 4.49. The lowest BCUT2D eigenvalue weighted by molar-refractivity contribution is 0.195. The Bertz CT molecular complexity index is 1180. The molecule has 4 aromatic rings. The van der Waals surface area contributed by atoms with Gasteiger partial charge in [0.15, 0.2) is 5.82 Å². The van der Waals surface area contributed by atoms with E-state index in [2.05, 4.69) is 28.0 Å². The third-order valence-electron chi connectivity index (χ3n) is 4.79. The fourth-order valence-electron chi connectivity index (χ4n) is 3.04. The van der Waals surface area contributed by atoms with E-state index in [9.17, 15) is 0 Å². The lowest BCUT2D eigenvalue weighted by Crippen LogP contribution is -2.26. The summed E-state index contributed by atoms with van der Waals surface area (Å²) in [6, 6.07) is 13.7. The third-order valence-corrected chi connectivity index (χ3v) is 6.54. The van der Waals surface area contributed by atoms with Crippen LogP contribution in [0.3, 0.4) is 0 Å². The first kappa shape index (κ1) is 20.0. The van der Waals surface area contributed by atoms with Gasteiger partial charge in [-0.2, -0.15) is 4.98 Å². The maximum Gasteiger partial charge on any atom is 0.217 e. The zero-order valence-electron chi connectivity index (χ0n) is 16.2. The van der Waals surface area contributed by atoms with Crippen molar-refractivity contribution in [3.63, 3.8) is 0 Å². The van der Waals surface area contributed by atoms with E-state index in [4.69, 9.17) is 33.5 Å². The molecule has 0 radical (unpaired) electrons. The number of rotatable bonds is 6. The molecular formula is C20H20ClN5OS2. The SMILES string of the molecule is COc1ccc(Cl)cc1-c1nc(=S)n(CN(C)C(C)c2nc3ccccc3s2)[nH]1. The normalized spacial score (nSPS) is 12.6. The molecule has 0 amide bonds. The van der Waals surface area contributed by atoms with E-state index in [0.29, 0.717) is 28.0 Å². The molecular weight excluding hydrogens is 426 g/mol. The summed E-state index contributed by atoms with van der Waals surface area (Å²) in [6.45, 7) is 2.68. The Morgan fingerprint density at radius 2 is 2.07 bits per heavy atom. The highest BCUT2D eigenvalue weighted by molar-refractivity contribution is 7.71. The lowest BCUT2D eigenvalue weighted by Gasteiger charge is -2.22. The lowest BCUT2D eigenvalue weighted by atomic mass is 10.2. The van der Waals surface area contributed by atoms with Gasteiger partial charge in [-0.05, 0) is 56.5 Å². The topological polar surface area (TPSA) is 59.0 Å². The zero-order chi connectivity index (χ0) is 20.5. The van der Waals surface area contributed by atoms with Gasteiger partial charge in [-0.15, -0.1) is 11.3 Å². The molecule has 0 saturated carbocycles. The first-order valence-electron chi connectivity index (χ1n) is 9.02. The number of fused-ring (bicyclic) bond motifs is 1. The summed E-state index contributed by atoms with van der Waals surface area (Å²) in [6.07, 6.45) is 0. The number of halogens is 1. The predicted molar refractivity (Wildman–Crippen MR) is 120 cm³/mol. The smallest absolute Gasteiger partial charge is 0.217 e. The molecule has 0 bridgehead atoms. The average Bonchev–Trinajstić information content (AvgIpc) is 3.31. The van der Waals surface area contributed by atoms with Gasteiger partial charge in [0.2, 0.25) is 4.77 Å². The molecule has 6 nitrogen and oxygen atoms in total. The van der Waals surface area contributed by atoms with Gasteiger partial charge in [-0.25, -0.2) is 9.67 Å². The molecule has 0 spiro atoms. The number of thiazole rings is 1. The van der Waals surface area contributed by atoms with Gasteiger partial charge in [0.1, 0.15) is 10.8 Å². The quantitative estimate of drug-likeness (QED) is 0.395. The van der Waals surface area contributed by atoms with Crippen molar-refractivity contribution in [1.29, 1.82) is 0 Å². The summed E-state index contributed by atoms with van der Waals surface area (Å²) in [5.74, 6) is 1.30. The van der Waals surface area contributed by atoms with Crippen molar-refractivity contribution in [2.24, 2.45) is 0 Å². The van der Waals surface area contributed by atoms with Crippen LogP contribution in [0.25, 0.3) is 21.6 Å². The van der Waals surface area contributed by atoms with Gasteiger partial charge in [0, 0.05) is 5.02 Å². The van der Waals surface area contributed by atoms with E-state index in [1.54, 1.807) is 24.5 Å². The molecule has 0 saturated heterocycles. The van der Waals surface area contributed by atoms with Gasteiger partial charge < -0.3 is 4.74 Å². The monoisotopic (exact) mass is 445 g/mol. The number of aromatic nitrogens is 4. The molecule has 0 aliphatic heterocycles. The highest BCUT2D eigenvalue weighted by Gasteiger charge is 2.18. The number of H-pyrrole nitrogens is 1. The van der Waals surface area contributed by atoms with Crippen LogP contribution in [0.15, 0.2) is 42.5 Å². The average molecular weight is 446 g/mol. The number of ether oxygens (including phenoxy) is 1. The van der Waals surface area contributed by atoms with Crippen LogP contribution in [-0.4, -0.2) is 38.8 Å². The molecule has 2 aromatic heterocycles. The molecule has 150 valence electrons. The van der Waals surface area contributed by atoms with Gasteiger partial charge >= 0.3 is 0 Å². The van der Waals surface area contributed by atoms with Crippen LogP contribution in [-0.2, 0) is 6.67 Å². The number of nitrogens with one attached hydrogen (secondary N) is 1. The van der Waals surface area contributed by atoms with Crippen LogP contribution in [0.2, 0.25) is 5.02 Å². The molecule has 2 aromatic carbocycles. The molecule has 0 aliphatic rings. The molecule has 1 N–H and O–H groups in total. The Hall–Kier alpha value is -2.26. The number of hydrogen-bond acceptors (Lipinski definition) is 6. The number of aromatic amines is 1. The number of hydrogen-bond donors (Lipinski definition) is 1. The van der Waals surface area contributed by atoms with Crippen LogP contribution in [0.5, 0.6) is 5.75 Å². The van der Waals surface area contributed by atoms with Crippen molar-refractivity contribution in [2.45, 2.75) is 19.6 Å². The molecule has 29 heavy (non-hydrogen) atoms. The van der Waals surface area contributed by atoms with Crippen molar-refractivity contribution >= 4 is 45.4 Å². The second kappa shape index (κ2) is 8.23. The standard InChI is InChI=1S/C20H20ClN5OS2/c1-12(19-22-15-6-4-5-7-17(15)29-19)25(2)11-26-20(28)23-18(24-26)14-10-13(21)8-9-16(14)27-3/h4-10,12H,11H2,1-3H3,(H,23,24,28). The van der Waals surface area contributed by atoms with E-state index in [1.165, 1.54) is 4.70 Å². The Labute approximate surface area is 182 Å². The Morgan fingerprint density at radius 1 is 1.28 bits per heavy atom. The molecule has 1 atom stereocenters. The minimum Gasteiger partial charge on any atom is -0.496 e. The first-order chi connectivity index (χ1) is 14.0. The van der Waals surface area contributed by atoms with E-state index in [1.807, 2.05) is 42.1 Å². The van der Waals surface area contributed by atoms with Crippen LogP contribution >= 0.6 is 35.2 Å². The van der Waals surface area contributed by atoms with Crippen molar-refractivity contribution in [2.75, 3.05) is 14.2 Å². The van der Waals surface area contributed by atoms with Crippen molar-refractivity contribution < 1.29 is 4.74 Å². The maximum atomic E-state index is 6.15. The highest BCUT2D eigenvalue weighted by Crippen LogP contribution is 2.31. The van der Waals surface area contributed by atoms with Gasteiger partial charge in [-0.1, -0.05) is 23.7 Å². The fraction of sp³-hybridized carbons (Fsp3) is 0.250. The van der Waals surface area contributed by atoms with Crippen LogP contribution in [0.1, 0.15) is 18.0 Å². The van der Waals surface area contributed by atoms with Crippen LogP contribution in [0, 0.1) is 4.77 Å². The van der Waals surface area contributed by atoms with Gasteiger partial charge in [0.25, 0.3) is 0 Å². The molecule has 1 unspecified atom stereocenters. The molecule has 0 fully saturated rings. The van der Waals surface area contributed by atoms with Crippen LogP contribution < -0.4 is 4.74 Å². The van der Waals surface area contributed by atoms with E-state index < -0.39 is 0 Å². The summed E-state index contributed by atoms with van der Waals surface area (Å²) < 4.78 is 8.91. The maximum absolute atomic E-state index is 6.15. The molecule has 0 aliphatic carbocycles. The Morgan fingerprint density at radius 3 is 2.83 bits per heavy atom. The van der Waals surface area contributed by atoms with Gasteiger partial charge in [-0.3, -0.25) is 10.00 Å². The number of nitrogens with zero attached hydrogens (tertiary/aromatic N) is 4. The molecule has 4 rings (SSSR count). The highest BCUT2D eigenvalue weighted by atomic mass is 35.5. The Kier molecular flexibility index (Phi) is 5.69. The van der Waals surface area contributed by atoms with Crippen LogP contribution in [0.4, 0.5) is 0 Å². The minimum absolute atomic E-state index is 0.127. The van der Waals surface area contributed by atoms with E-state index >= 15 is 0 Å². The summed E-state index contributed by atoms with van der Waals surface area (Å²) in [4.78, 5) is 11.4. The number of benzene rings is 2. The number of methoxy groups -OCH3 is 1. The predicted octanol–water partition coefficient (Wildman–Crippen LogP) is 5.53. The van der Waals surface area contributed by atoms with E-state index in [0.717, 1.165) is 16.1 Å². The largest absolute Gasteiger partial charge is 0.496 e. The van der Waals surface area contributed by atoms with E-state index in [-0.39, 0.29) is 6.04 Å². The zero-order valence-corrected chi connectivity index (χ0v) is 18.6. The third kappa shape index (κ3) is 4.06. The van der Waals surface area contributed by atoms with Crippen molar-refractivity contribution in [3.05, 3.63) is 57.3 Å². The molecule has 2 heterocycles. The van der Waals surface area contributed by atoms with Crippen molar-refractivity contribution in [1.82, 2.24) is 24.6 Å². The summed E-state index contributed by atoms with van der Waals surface area (Å²) in [5, 5.41) is 4.94. The summed E-state index contributed by atoms with van der Waals surface area (Å²) in [5.41, 5.74) is 1.80. The van der Waals surface area contributed by atoms with Crippen molar-refractivity contribution in [3.8, 4) is 17.1 Å². The number of para-hydroxylation sites is 1. The first-order valence-corrected chi connectivity index (χ1v) is 10.6. The Balaban J connectivity index is 1.58. The summed E-state index contributed by atoms with van der Waals surface area (Å²) in [7, 11) is 3.66.